The number of piperidine rings is 1. The lowest BCUT2D eigenvalue weighted by Gasteiger charge is -2.30. The van der Waals surface area contributed by atoms with E-state index in [1.54, 1.807) is 0 Å². The maximum atomic E-state index is 11.6. The van der Waals surface area contributed by atoms with Crippen LogP contribution in [0.1, 0.15) is 29.6 Å². The number of nitrogens with zero attached hydrogens (tertiary/aromatic N) is 1. The molecule has 104 valence electrons. The molecule has 0 aliphatic carbocycles. The molecule has 0 spiro atoms. The molecule has 1 fully saturated rings. The number of anilines is 1. The van der Waals surface area contributed by atoms with Crippen LogP contribution in [0.4, 0.5) is 5.69 Å². The fourth-order valence-electron chi connectivity index (χ4n) is 2.58. The summed E-state index contributed by atoms with van der Waals surface area (Å²) in [6.07, 6.45) is 3.71. The van der Waals surface area contributed by atoms with E-state index in [1.165, 1.54) is 19.3 Å². The van der Waals surface area contributed by atoms with Gasteiger partial charge in [-0.05, 0) is 47.4 Å². The first-order chi connectivity index (χ1) is 9.09. The zero-order valence-corrected chi connectivity index (χ0v) is 12.7. The fourth-order valence-corrected chi connectivity index (χ4v) is 3.13. The fraction of sp³-hybridized carbons (Fsp3) is 0.500. The van der Waals surface area contributed by atoms with Gasteiger partial charge in [0.05, 0.1) is 11.3 Å². The second-order valence-corrected chi connectivity index (χ2v) is 5.88. The number of amides is 1. The number of primary amides is 1. The number of carbonyl (C=O) groups excluding carboxylic acids is 1. The lowest BCUT2D eigenvalue weighted by atomic mass is 10.0. The van der Waals surface area contributed by atoms with Crippen molar-refractivity contribution in [3.05, 3.63) is 28.2 Å². The normalized spacial score (nSPS) is 19.2. The molecule has 5 heteroatoms. The quantitative estimate of drug-likeness (QED) is 0.891. The molecule has 19 heavy (non-hydrogen) atoms. The molecule has 1 aliphatic rings. The second-order valence-electron chi connectivity index (χ2n) is 5.03. The summed E-state index contributed by atoms with van der Waals surface area (Å²) in [6, 6.07) is 6.19. The highest BCUT2D eigenvalue weighted by atomic mass is 79.9. The molecule has 0 aromatic heterocycles. The first-order valence-electron chi connectivity index (χ1n) is 6.62. The Morgan fingerprint density at radius 3 is 2.95 bits per heavy atom. The Labute approximate surface area is 122 Å². The van der Waals surface area contributed by atoms with Crippen LogP contribution >= 0.6 is 15.9 Å². The van der Waals surface area contributed by atoms with E-state index in [0.29, 0.717) is 11.6 Å². The van der Waals surface area contributed by atoms with E-state index in [0.717, 1.165) is 23.2 Å². The summed E-state index contributed by atoms with van der Waals surface area (Å²) in [5, 5.41) is 3.51. The lowest BCUT2D eigenvalue weighted by molar-refractivity contribution is 0.1000. The van der Waals surface area contributed by atoms with Crippen molar-refractivity contribution in [2.75, 3.05) is 25.0 Å². The van der Waals surface area contributed by atoms with Crippen LogP contribution in [0.3, 0.4) is 0 Å². The third-order valence-electron chi connectivity index (χ3n) is 3.56. The Kier molecular flexibility index (Phi) is 4.82. The van der Waals surface area contributed by atoms with Crippen LogP contribution in [-0.2, 0) is 0 Å². The van der Waals surface area contributed by atoms with Crippen molar-refractivity contribution in [2.24, 2.45) is 5.73 Å². The third kappa shape index (κ3) is 3.48. The average molecular weight is 326 g/mol. The monoisotopic (exact) mass is 325 g/mol. The van der Waals surface area contributed by atoms with Crippen molar-refractivity contribution >= 4 is 27.5 Å². The number of likely N-dealkylation sites (N-methyl/N-ethyl adjacent to an activating group) is 1. The summed E-state index contributed by atoms with van der Waals surface area (Å²) in [7, 11) is 2.00. The third-order valence-corrected chi connectivity index (χ3v) is 4.22. The van der Waals surface area contributed by atoms with Gasteiger partial charge in [0.1, 0.15) is 0 Å². The lowest BCUT2D eigenvalue weighted by Crippen LogP contribution is -2.42. The highest BCUT2D eigenvalue weighted by Crippen LogP contribution is 2.27. The minimum absolute atomic E-state index is 0.397. The zero-order valence-electron chi connectivity index (χ0n) is 11.2. The molecule has 1 unspecified atom stereocenters. The Hall–Kier alpha value is -1.07. The van der Waals surface area contributed by atoms with E-state index in [-0.39, 0.29) is 0 Å². The van der Waals surface area contributed by atoms with E-state index in [1.807, 2.05) is 25.2 Å². The van der Waals surface area contributed by atoms with Crippen LogP contribution in [0.15, 0.2) is 22.7 Å². The molecule has 1 atom stereocenters. The number of benzene rings is 1. The van der Waals surface area contributed by atoms with Crippen LogP contribution in [0.5, 0.6) is 0 Å². The molecule has 0 saturated carbocycles. The zero-order chi connectivity index (χ0) is 13.8. The molecular weight excluding hydrogens is 306 g/mol. The van der Waals surface area contributed by atoms with Gasteiger partial charge >= 0.3 is 0 Å². The molecule has 1 heterocycles. The van der Waals surface area contributed by atoms with Gasteiger partial charge in [0, 0.05) is 24.1 Å². The number of carbonyl (C=O) groups is 1. The van der Waals surface area contributed by atoms with Gasteiger partial charge in [-0.1, -0.05) is 12.5 Å². The van der Waals surface area contributed by atoms with E-state index >= 15 is 0 Å². The number of hydrogen-bond donors (Lipinski definition) is 2. The van der Waals surface area contributed by atoms with Gasteiger partial charge in [-0.25, -0.2) is 0 Å². The summed E-state index contributed by atoms with van der Waals surface area (Å²) in [6.45, 7) is 1.97. The summed E-state index contributed by atoms with van der Waals surface area (Å²) < 4.78 is 0.751. The largest absolute Gasteiger partial charge is 0.372 e. The molecule has 1 aromatic carbocycles. The minimum atomic E-state index is -0.397. The van der Waals surface area contributed by atoms with Crippen LogP contribution in [0.25, 0.3) is 0 Å². The number of nitrogens with one attached hydrogen (secondary N) is 1. The second kappa shape index (κ2) is 6.39. The van der Waals surface area contributed by atoms with Crippen molar-refractivity contribution in [3.63, 3.8) is 0 Å². The topological polar surface area (TPSA) is 58.4 Å². The number of halogens is 1. The highest BCUT2D eigenvalue weighted by molar-refractivity contribution is 9.10. The predicted molar refractivity (Wildman–Crippen MR) is 81.6 cm³/mol. The first-order valence-corrected chi connectivity index (χ1v) is 7.41. The Bertz CT molecular complexity index is 458. The summed E-state index contributed by atoms with van der Waals surface area (Å²) in [4.78, 5) is 13.7. The Balaban J connectivity index is 2.16. The van der Waals surface area contributed by atoms with E-state index in [9.17, 15) is 4.79 Å². The average Bonchev–Trinajstić information content (AvgIpc) is 2.39. The number of nitrogens with two attached hydrogens (primary N) is 1. The molecule has 4 nitrogen and oxygen atoms in total. The number of rotatable bonds is 4. The van der Waals surface area contributed by atoms with Crippen LogP contribution in [-0.4, -0.2) is 32.1 Å². The maximum absolute atomic E-state index is 11.6. The van der Waals surface area contributed by atoms with Gasteiger partial charge in [-0.2, -0.15) is 0 Å². The van der Waals surface area contributed by atoms with Crippen LogP contribution < -0.4 is 16.0 Å². The van der Waals surface area contributed by atoms with Gasteiger partial charge < -0.3 is 16.0 Å². The SMILES string of the molecule is CN(CC1CCCCN1)c1cccc(Br)c1C(N)=O. The smallest absolute Gasteiger partial charge is 0.251 e. The van der Waals surface area contributed by atoms with Crippen molar-refractivity contribution in [2.45, 2.75) is 25.3 Å². The predicted octanol–water partition coefficient (Wildman–Crippen LogP) is 2.13. The van der Waals surface area contributed by atoms with Gasteiger partial charge in [-0.15, -0.1) is 0 Å². The van der Waals surface area contributed by atoms with E-state index in [2.05, 4.69) is 26.1 Å². The molecule has 1 amide bonds. The van der Waals surface area contributed by atoms with Crippen molar-refractivity contribution in [3.8, 4) is 0 Å². The molecular formula is C14H20BrN3O. The van der Waals surface area contributed by atoms with Gasteiger partial charge in [0.25, 0.3) is 5.91 Å². The highest BCUT2D eigenvalue weighted by Gasteiger charge is 2.19. The van der Waals surface area contributed by atoms with E-state index in [4.69, 9.17) is 5.73 Å². The Morgan fingerprint density at radius 2 is 2.32 bits per heavy atom. The molecule has 1 aliphatic heterocycles. The first kappa shape index (κ1) is 14.3. The van der Waals surface area contributed by atoms with E-state index < -0.39 is 5.91 Å². The maximum Gasteiger partial charge on any atom is 0.251 e. The van der Waals surface area contributed by atoms with Crippen molar-refractivity contribution in [1.29, 1.82) is 0 Å². The standard InChI is InChI=1S/C14H20BrN3O/c1-18(9-10-5-2-3-8-17-10)12-7-4-6-11(15)13(12)14(16)19/h4,6-7,10,17H,2-3,5,8-9H2,1H3,(H2,16,19). The summed E-state index contributed by atoms with van der Waals surface area (Å²) in [5.74, 6) is -0.397. The van der Waals surface area contributed by atoms with Crippen molar-refractivity contribution in [1.82, 2.24) is 5.32 Å². The van der Waals surface area contributed by atoms with Gasteiger partial charge in [0.15, 0.2) is 0 Å². The van der Waals surface area contributed by atoms with Crippen LogP contribution in [0.2, 0.25) is 0 Å². The van der Waals surface area contributed by atoms with Gasteiger partial charge in [0.2, 0.25) is 0 Å². The molecule has 1 saturated heterocycles. The Morgan fingerprint density at radius 1 is 1.53 bits per heavy atom. The molecule has 3 N–H and O–H groups in total. The van der Waals surface area contributed by atoms with Crippen molar-refractivity contribution < 1.29 is 4.79 Å². The van der Waals surface area contributed by atoms with Crippen LogP contribution in [0, 0.1) is 0 Å². The molecule has 2 rings (SSSR count). The molecule has 1 aromatic rings. The molecule has 0 bridgehead atoms. The van der Waals surface area contributed by atoms with Gasteiger partial charge in [-0.3, -0.25) is 4.79 Å². The number of hydrogen-bond acceptors (Lipinski definition) is 3. The molecule has 0 radical (unpaired) electrons. The minimum Gasteiger partial charge on any atom is -0.372 e. The summed E-state index contributed by atoms with van der Waals surface area (Å²) in [5.41, 5.74) is 6.92. The summed E-state index contributed by atoms with van der Waals surface area (Å²) >= 11 is 3.40.